The number of amides is 1. The van der Waals surface area contributed by atoms with E-state index in [0.717, 1.165) is 30.3 Å². The molecule has 5 heteroatoms. The van der Waals surface area contributed by atoms with Crippen molar-refractivity contribution in [3.8, 4) is 0 Å². The van der Waals surface area contributed by atoms with E-state index in [1.807, 2.05) is 6.92 Å². The molecule has 1 aromatic carbocycles. The van der Waals surface area contributed by atoms with Gasteiger partial charge in [0.15, 0.2) is 11.6 Å². The average molecular weight is 334 g/mol. The summed E-state index contributed by atoms with van der Waals surface area (Å²) in [5.41, 5.74) is 0.606. The summed E-state index contributed by atoms with van der Waals surface area (Å²) in [6.07, 6.45) is 2.27. The van der Waals surface area contributed by atoms with Crippen LogP contribution in [-0.4, -0.2) is 22.7 Å². The third-order valence-corrected chi connectivity index (χ3v) is 3.43. The van der Waals surface area contributed by atoms with Gasteiger partial charge in [0, 0.05) is 24.8 Å². The van der Waals surface area contributed by atoms with Gasteiger partial charge in [-0.15, -0.1) is 0 Å². The Morgan fingerprint density at radius 1 is 1.26 bits per heavy atom. The zero-order chi connectivity index (χ0) is 14.3. The summed E-state index contributed by atoms with van der Waals surface area (Å²) in [4.78, 5) is 13.6. The number of unbranched alkanes of at least 4 members (excludes halogenated alkanes) is 1. The normalized spacial score (nSPS) is 10.5. The van der Waals surface area contributed by atoms with Gasteiger partial charge in [0.2, 0.25) is 5.91 Å². The number of nitrogens with zero attached hydrogens (tertiary/aromatic N) is 1. The molecular formula is C14H18BrF2NO. The lowest BCUT2D eigenvalue weighted by molar-refractivity contribution is -0.131. The number of rotatable bonds is 7. The Balaban J connectivity index is 2.60. The minimum absolute atomic E-state index is 0.0492. The molecule has 0 aliphatic carbocycles. The topological polar surface area (TPSA) is 20.3 Å². The van der Waals surface area contributed by atoms with Gasteiger partial charge in [-0.3, -0.25) is 4.79 Å². The van der Waals surface area contributed by atoms with Gasteiger partial charge < -0.3 is 4.90 Å². The summed E-state index contributed by atoms with van der Waals surface area (Å²) in [5.74, 6) is -1.69. The molecule has 0 N–H and O–H groups in total. The molecule has 0 saturated carbocycles. The molecule has 0 bridgehead atoms. The van der Waals surface area contributed by atoms with Crippen molar-refractivity contribution in [3.63, 3.8) is 0 Å². The minimum Gasteiger partial charge on any atom is -0.339 e. The average Bonchev–Trinajstić information content (AvgIpc) is 2.40. The van der Waals surface area contributed by atoms with E-state index in [1.54, 1.807) is 4.90 Å². The molecular weight excluding hydrogens is 316 g/mol. The molecule has 1 amide bonds. The largest absolute Gasteiger partial charge is 0.339 e. The summed E-state index contributed by atoms with van der Waals surface area (Å²) in [7, 11) is 0. The van der Waals surface area contributed by atoms with Crippen LogP contribution in [0.4, 0.5) is 8.78 Å². The highest BCUT2D eigenvalue weighted by molar-refractivity contribution is 9.09. The van der Waals surface area contributed by atoms with Crippen LogP contribution in [0, 0.1) is 11.6 Å². The van der Waals surface area contributed by atoms with Crippen molar-refractivity contribution in [2.24, 2.45) is 0 Å². The van der Waals surface area contributed by atoms with Gasteiger partial charge in [0.05, 0.1) is 0 Å². The van der Waals surface area contributed by atoms with E-state index in [4.69, 9.17) is 0 Å². The Kier molecular flexibility index (Phi) is 6.99. The highest BCUT2D eigenvalue weighted by Crippen LogP contribution is 2.12. The smallest absolute Gasteiger partial charge is 0.222 e. The predicted octanol–water partition coefficient (Wildman–Crippen LogP) is 3.88. The lowest BCUT2D eigenvalue weighted by atomic mass is 10.1. The lowest BCUT2D eigenvalue weighted by Crippen LogP contribution is -2.30. The first kappa shape index (κ1) is 16.1. The summed E-state index contributed by atoms with van der Waals surface area (Å²) in [6, 6.07) is 3.74. The van der Waals surface area contributed by atoms with Crippen LogP contribution in [0.15, 0.2) is 18.2 Å². The number of benzene rings is 1. The Labute approximate surface area is 120 Å². The molecule has 0 spiro atoms. The number of hydrogen-bond donors (Lipinski definition) is 0. The standard InChI is InChI=1S/C14H18BrF2NO/c1-2-18(14(19)5-3-4-8-15)10-11-6-7-12(16)13(17)9-11/h6-7,9H,2-5,8,10H2,1H3. The van der Waals surface area contributed by atoms with Crippen LogP contribution in [-0.2, 0) is 11.3 Å². The zero-order valence-electron chi connectivity index (χ0n) is 11.0. The molecule has 1 rings (SSSR count). The molecule has 0 unspecified atom stereocenters. The summed E-state index contributed by atoms with van der Waals surface area (Å²) < 4.78 is 25.9. The van der Waals surface area contributed by atoms with Crippen LogP contribution in [0.5, 0.6) is 0 Å². The summed E-state index contributed by atoms with van der Waals surface area (Å²) in [6.45, 7) is 2.76. The maximum Gasteiger partial charge on any atom is 0.222 e. The van der Waals surface area contributed by atoms with Crippen molar-refractivity contribution in [1.29, 1.82) is 0 Å². The number of hydrogen-bond acceptors (Lipinski definition) is 1. The fourth-order valence-corrected chi connectivity index (χ4v) is 2.16. The van der Waals surface area contributed by atoms with Gasteiger partial charge >= 0.3 is 0 Å². The molecule has 106 valence electrons. The maximum absolute atomic E-state index is 13.1. The van der Waals surface area contributed by atoms with Crippen LogP contribution in [0.25, 0.3) is 0 Å². The molecule has 19 heavy (non-hydrogen) atoms. The fourth-order valence-electron chi connectivity index (χ4n) is 1.76. The van der Waals surface area contributed by atoms with Crippen LogP contribution >= 0.6 is 15.9 Å². The number of alkyl halides is 1. The van der Waals surface area contributed by atoms with E-state index in [9.17, 15) is 13.6 Å². The third-order valence-electron chi connectivity index (χ3n) is 2.87. The SMILES string of the molecule is CCN(Cc1ccc(F)c(F)c1)C(=O)CCCCBr. The minimum atomic E-state index is -0.875. The van der Waals surface area contributed by atoms with E-state index in [0.29, 0.717) is 25.1 Å². The molecule has 0 fully saturated rings. The Hall–Kier alpha value is -0.970. The first-order valence-electron chi connectivity index (χ1n) is 6.36. The molecule has 0 atom stereocenters. The van der Waals surface area contributed by atoms with Crippen LogP contribution in [0.3, 0.4) is 0 Å². The Bertz CT molecular complexity index is 426. The van der Waals surface area contributed by atoms with E-state index >= 15 is 0 Å². The van der Waals surface area contributed by atoms with Crippen molar-refractivity contribution >= 4 is 21.8 Å². The first-order chi connectivity index (χ1) is 9.08. The molecule has 0 radical (unpaired) electrons. The fraction of sp³-hybridized carbons (Fsp3) is 0.500. The van der Waals surface area contributed by atoms with E-state index in [-0.39, 0.29) is 5.91 Å². The summed E-state index contributed by atoms with van der Waals surface area (Å²) >= 11 is 3.32. The molecule has 2 nitrogen and oxygen atoms in total. The molecule has 0 heterocycles. The third kappa shape index (κ3) is 5.27. The van der Waals surface area contributed by atoms with Gasteiger partial charge in [-0.1, -0.05) is 22.0 Å². The van der Waals surface area contributed by atoms with E-state index in [1.165, 1.54) is 6.07 Å². The molecule has 0 aliphatic rings. The van der Waals surface area contributed by atoms with Crippen molar-refractivity contribution in [1.82, 2.24) is 4.90 Å². The predicted molar refractivity (Wildman–Crippen MR) is 75.1 cm³/mol. The lowest BCUT2D eigenvalue weighted by Gasteiger charge is -2.21. The second-order valence-electron chi connectivity index (χ2n) is 4.30. The van der Waals surface area contributed by atoms with Crippen molar-refractivity contribution < 1.29 is 13.6 Å². The second-order valence-corrected chi connectivity index (χ2v) is 5.10. The van der Waals surface area contributed by atoms with E-state index < -0.39 is 11.6 Å². The van der Waals surface area contributed by atoms with Gasteiger partial charge in [-0.05, 0) is 37.5 Å². The molecule has 0 saturated heterocycles. The highest BCUT2D eigenvalue weighted by atomic mass is 79.9. The van der Waals surface area contributed by atoms with Crippen molar-refractivity contribution in [2.75, 3.05) is 11.9 Å². The van der Waals surface area contributed by atoms with Gasteiger partial charge in [0.25, 0.3) is 0 Å². The van der Waals surface area contributed by atoms with Crippen LogP contribution in [0.2, 0.25) is 0 Å². The van der Waals surface area contributed by atoms with Crippen molar-refractivity contribution in [3.05, 3.63) is 35.4 Å². The van der Waals surface area contributed by atoms with Crippen molar-refractivity contribution in [2.45, 2.75) is 32.7 Å². The zero-order valence-corrected chi connectivity index (χ0v) is 12.6. The first-order valence-corrected chi connectivity index (χ1v) is 7.48. The number of carbonyl (C=O) groups is 1. The molecule has 1 aromatic rings. The Morgan fingerprint density at radius 2 is 2.00 bits per heavy atom. The van der Waals surface area contributed by atoms with Crippen LogP contribution < -0.4 is 0 Å². The quantitative estimate of drug-likeness (QED) is 0.547. The van der Waals surface area contributed by atoms with E-state index in [2.05, 4.69) is 15.9 Å². The van der Waals surface area contributed by atoms with Gasteiger partial charge in [-0.25, -0.2) is 8.78 Å². The summed E-state index contributed by atoms with van der Waals surface area (Å²) in [5, 5.41) is 0.885. The monoisotopic (exact) mass is 333 g/mol. The maximum atomic E-state index is 13.1. The number of carbonyl (C=O) groups excluding carboxylic acids is 1. The van der Waals surface area contributed by atoms with Crippen LogP contribution in [0.1, 0.15) is 31.7 Å². The number of halogens is 3. The van der Waals surface area contributed by atoms with Gasteiger partial charge in [0.1, 0.15) is 0 Å². The Morgan fingerprint density at radius 3 is 2.58 bits per heavy atom. The second kappa shape index (κ2) is 8.25. The molecule has 0 aliphatic heterocycles. The molecule has 0 aromatic heterocycles. The van der Waals surface area contributed by atoms with Gasteiger partial charge in [-0.2, -0.15) is 0 Å². The highest BCUT2D eigenvalue weighted by Gasteiger charge is 2.12.